The molecule has 0 bridgehead atoms. The normalized spacial score (nSPS) is 10.0. The van der Waals surface area contributed by atoms with E-state index in [-0.39, 0.29) is 0 Å². The molecule has 2 aromatic heterocycles. The molecular weight excluding hydrogens is 150 g/mol. The zero-order valence-electron chi connectivity index (χ0n) is 4.89. The van der Waals surface area contributed by atoms with Gasteiger partial charge in [0.25, 0.3) is 0 Å². The molecule has 10 heavy (non-hydrogen) atoms. The SMILES string of the molecule is c1nsc(-c2ccon2)n1. The van der Waals surface area contributed by atoms with Crippen LogP contribution in [0.25, 0.3) is 10.7 Å². The first-order chi connectivity index (χ1) is 4.97. The smallest absolute Gasteiger partial charge is 0.165 e. The third-order valence-corrected chi connectivity index (χ3v) is 1.71. The summed E-state index contributed by atoms with van der Waals surface area (Å²) in [4.78, 5) is 3.94. The van der Waals surface area contributed by atoms with Crippen LogP contribution in [0.15, 0.2) is 23.2 Å². The van der Waals surface area contributed by atoms with E-state index in [0.717, 1.165) is 10.7 Å². The molecular formula is C5H3N3OS. The van der Waals surface area contributed by atoms with Crippen molar-refractivity contribution >= 4 is 11.5 Å². The Kier molecular flexibility index (Phi) is 1.21. The van der Waals surface area contributed by atoms with E-state index in [1.54, 1.807) is 6.07 Å². The molecule has 2 aromatic rings. The maximum absolute atomic E-state index is 4.63. The van der Waals surface area contributed by atoms with E-state index >= 15 is 0 Å². The van der Waals surface area contributed by atoms with Crippen molar-refractivity contribution in [3.63, 3.8) is 0 Å². The van der Waals surface area contributed by atoms with Gasteiger partial charge in [0, 0.05) is 6.07 Å². The fourth-order valence-electron chi connectivity index (χ4n) is 0.609. The molecule has 0 radical (unpaired) electrons. The molecule has 0 saturated carbocycles. The van der Waals surface area contributed by atoms with Crippen LogP contribution in [0.4, 0.5) is 0 Å². The highest BCUT2D eigenvalue weighted by molar-refractivity contribution is 7.09. The molecule has 0 spiro atoms. The van der Waals surface area contributed by atoms with Crippen molar-refractivity contribution in [2.45, 2.75) is 0 Å². The molecule has 0 aliphatic heterocycles. The molecule has 2 heterocycles. The van der Waals surface area contributed by atoms with Crippen LogP contribution in [0.1, 0.15) is 0 Å². The standard InChI is InChI=1S/C5H3N3OS/c1-2-9-8-4(1)5-6-3-7-10-5/h1-3H. The lowest BCUT2D eigenvalue weighted by Gasteiger charge is -1.78. The van der Waals surface area contributed by atoms with E-state index in [1.165, 1.54) is 24.1 Å². The summed E-state index contributed by atoms with van der Waals surface area (Å²) in [6.45, 7) is 0. The highest BCUT2D eigenvalue weighted by Gasteiger charge is 2.02. The van der Waals surface area contributed by atoms with Crippen molar-refractivity contribution in [3.05, 3.63) is 18.7 Å². The van der Waals surface area contributed by atoms with E-state index < -0.39 is 0 Å². The van der Waals surface area contributed by atoms with Gasteiger partial charge in [0.1, 0.15) is 18.3 Å². The second-order valence-corrected chi connectivity index (χ2v) is 2.41. The Labute approximate surface area is 60.7 Å². The monoisotopic (exact) mass is 153 g/mol. The molecule has 0 unspecified atom stereocenters. The third kappa shape index (κ3) is 0.801. The van der Waals surface area contributed by atoms with Gasteiger partial charge in [-0.25, -0.2) is 4.98 Å². The Balaban J connectivity index is 2.48. The molecule has 50 valence electrons. The van der Waals surface area contributed by atoms with Gasteiger partial charge in [0.2, 0.25) is 0 Å². The lowest BCUT2D eigenvalue weighted by Crippen LogP contribution is -1.70. The number of aromatic nitrogens is 3. The predicted molar refractivity (Wildman–Crippen MR) is 35.4 cm³/mol. The summed E-state index contributed by atoms with van der Waals surface area (Å²) < 4.78 is 8.45. The Morgan fingerprint density at radius 3 is 3.10 bits per heavy atom. The van der Waals surface area contributed by atoms with Crippen LogP contribution in [-0.4, -0.2) is 14.5 Å². The molecule has 2 rings (SSSR count). The van der Waals surface area contributed by atoms with Crippen LogP contribution in [0, 0.1) is 0 Å². The molecule has 0 amide bonds. The summed E-state index contributed by atoms with van der Waals surface area (Å²) in [5.41, 5.74) is 0.738. The van der Waals surface area contributed by atoms with Gasteiger partial charge in [-0.15, -0.1) is 0 Å². The first-order valence-electron chi connectivity index (χ1n) is 2.64. The van der Waals surface area contributed by atoms with E-state index in [2.05, 4.69) is 19.0 Å². The van der Waals surface area contributed by atoms with Gasteiger partial charge in [0.15, 0.2) is 5.01 Å². The number of nitrogens with zero attached hydrogens (tertiary/aromatic N) is 3. The maximum atomic E-state index is 4.63. The molecule has 4 nitrogen and oxygen atoms in total. The van der Waals surface area contributed by atoms with E-state index in [0.29, 0.717) is 0 Å². The fourth-order valence-corrected chi connectivity index (χ4v) is 1.10. The first kappa shape index (κ1) is 5.55. The van der Waals surface area contributed by atoms with Crippen LogP contribution in [-0.2, 0) is 0 Å². The minimum absolute atomic E-state index is 0.738. The van der Waals surface area contributed by atoms with Crippen LogP contribution >= 0.6 is 11.5 Å². The van der Waals surface area contributed by atoms with E-state index in [9.17, 15) is 0 Å². The summed E-state index contributed by atoms with van der Waals surface area (Å²) in [5, 5.41) is 4.48. The molecule has 0 aliphatic carbocycles. The lowest BCUT2D eigenvalue weighted by molar-refractivity contribution is 0.422. The first-order valence-corrected chi connectivity index (χ1v) is 3.41. The van der Waals surface area contributed by atoms with Gasteiger partial charge in [-0.1, -0.05) is 5.16 Å². The van der Waals surface area contributed by atoms with Crippen molar-refractivity contribution in [1.82, 2.24) is 14.5 Å². The highest BCUT2D eigenvalue weighted by atomic mass is 32.1. The van der Waals surface area contributed by atoms with Crippen molar-refractivity contribution in [3.8, 4) is 10.7 Å². The maximum Gasteiger partial charge on any atom is 0.165 e. The molecule has 5 heteroatoms. The summed E-state index contributed by atoms with van der Waals surface area (Å²) in [6, 6.07) is 1.75. The van der Waals surface area contributed by atoms with Crippen LogP contribution in [0.2, 0.25) is 0 Å². The number of hydrogen-bond donors (Lipinski definition) is 0. The van der Waals surface area contributed by atoms with Gasteiger partial charge in [-0.3, -0.25) is 0 Å². The summed E-state index contributed by atoms with van der Waals surface area (Å²) in [5.74, 6) is 0. The van der Waals surface area contributed by atoms with Crippen molar-refractivity contribution in [2.24, 2.45) is 0 Å². The molecule has 0 fully saturated rings. The minimum Gasteiger partial charge on any atom is -0.364 e. The minimum atomic E-state index is 0.738. The fraction of sp³-hybridized carbons (Fsp3) is 0. The second kappa shape index (κ2) is 2.18. The number of hydrogen-bond acceptors (Lipinski definition) is 5. The zero-order chi connectivity index (χ0) is 6.81. The largest absolute Gasteiger partial charge is 0.364 e. The summed E-state index contributed by atoms with van der Waals surface area (Å²) in [6.07, 6.45) is 3.01. The Morgan fingerprint density at radius 1 is 1.50 bits per heavy atom. The Hall–Kier alpha value is -1.23. The molecule has 0 atom stereocenters. The topological polar surface area (TPSA) is 51.8 Å². The molecule has 0 saturated heterocycles. The summed E-state index contributed by atoms with van der Waals surface area (Å²) in [7, 11) is 0. The third-order valence-electron chi connectivity index (χ3n) is 1.02. The Bertz CT molecular complexity index is 256. The van der Waals surface area contributed by atoms with Gasteiger partial charge >= 0.3 is 0 Å². The molecule has 0 aliphatic rings. The lowest BCUT2D eigenvalue weighted by atomic mass is 10.5. The van der Waals surface area contributed by atoms with Gasteiger partial charge in [-0.05, 0) is 11.5 Å². The van der Waals surface area contributed by atoms with Crippen molar-refractivity contribution in [2.75, 3.05) is 0 Å². The average molecular weight is 153 g/mol. The average Bonchev–Trinajstić information content (AvgIpc) is 2.59. The highest BCUT2D eigenvalue weighted by Crippen LogP contribution is 2.16. The van der Waals surface area contributed by atoms with Crippen molar-refractivity contribution in [1.29, 1.82) is 0 Å². The molecule has 0 aromatic carbocycles. The Morgan fingerprint density at radius 2 is 2.50 bits per heavy atom. The van der Waals surface area contributed by atoms with Crippen molar-refractivity contribution < 1.29 is 4.52 Å². The predicted octanol–water partition coefficient (Wildman–Crippen LogP) is 1.19. The van der Waals surface area contributed by atoms with E-state index in [4.69, 9.17) is 0 Å². The van der Waals surface area contributed by atoms with Crippen LogP contribution < -0.4 is 0 Å². The second-order valence-electron chi connectivity index (χ2n) is 1.63. The number of rotatable bonds is 1. The van der Waals surface area contributed by atoms with Gasteiger partial charge in [0.05, 0.1) is 0 Å². The van der Waals surface area contributed by atoms with E-state index in [1.807, 2.05) is 0 Å². The summed E-state index contributed by atoms with van der Waals surface area (Å²) >= 11 is 1.30. The van der Waals surface area contributed by atoms with Gasteiger partial charge in [-0.2, -0.15) is 4.37 Å². The van der Waals surface area contributed by atoms with Crippen LogP contribution in [0.5, 0.6) is 0 Å². The quantitative estimate of drug-likeness (QED) is 0.617. The molecule has 0 N–H and O–H groups in total. The zero-order valence-corrected chi connectivity index (χ0v) is 5.71. The van der Waals surface area contributed by atoms with Crippen LogP contribution in [0.3, 0.4) is 0 Å². The van der Waals surface area contributed by atoms with Gasteiger partial charge < -0.3 is 4.52 Å².